The highest BCUT2D eigenvalue weighted by Gasteiger charge is 2.27. The molecule has 3 nitrogen and oxygen atoms in total. The summed E-state index contributed by atoms with van der Waals surface area (Å²) in [6, 6.07) is 5.13. The minimum Gasteiger partial charge on any atom is -0.350 e. The van der Waals surface area contributed by atoms with Gasteiger partial charge in [0.25, 0.3) is 0 Å². The summed E-state index contributed by atoms with van der Waals surface area (Å²) >= 11 is 3.49. The second-order valence-corrected chi connectivity index (χ2v) is 5.67. The van der Waals surface area contributed by atoms with Crippen LogP contribution in [0.25, 0.3) is 0 Å². The van der Waals surface area contributed by atoms with Gasteiger partial charge in [0.2, 0.25) is 0 Å². The van der Waals surface area contributed by atoms with Gasteiger partial charge in [-0.15, -0.1) is 0 Å². The molecule has 17 heavy (non-hydrogen) atoms. The molecule has 0 aromatic carbocycles. The normalized spacial score (nSPS) is 25.1. The van der Waals surface area contributed by atoms with E-state index in [0.29, 0.717) is 18.6 Å². The maximum absolute atomic E-state index is 5.88. The second-order valence-electron chi connectivity index (χ2n) is 4.81. The van der Waals surface area contributed by atoms with Gasteiger partial charge in [-0.25, -0.2) is 4.98 Å². The number of rotatable bonds is 2. The van der Waals surface area contributed by atoms with Crippen molar-refractivity contribution in [1.82, 2.24) is 4.98 Å². The van der Waals surface area contributed by atoms with Crippen molar-refractivity contribution in [3.8, 4) is 0 Å². The minimum absolute atomic E-state index is 0.437. The lowest BCUT2D eigenvalue weighted by atomic mass is 9.96. The number of nitrogens with two attached hydrogens (primary N) is 1. The lowest BCUT2D eigenvalue weighted by Gasteiger charge is -2.41. The molecule has 2 unspecified atom stereocenters. The Morgan fingerprint density at radius 1 is 1.47 bits per heavy atom. The van der Waals surface area contributed by atoms with Gasteiger partial charge in [0.05, 0.1) is 5.69 Å². The maximum atomic E-state index is 5.88. The van der Waals surface area contributed by atoms with Crippen LogP contribution in [0.15, 0.2) is 16.6 Å². The third-order valence-corrected chi connectivity index (χ3v) is 4.41. The van der Waals surface area contributed by atoms with Gasteiger partial charge in [-0.3, -0.25) is 0 Å². The van der Waals surface area contributed by atoms with Crippen LogP contribution >= 0.6 is 15.9 Å². The molecule has 2 atom stereocenters. The molecule has 0 spiro atoms. The highest BCUT2D eigenvalue weighted by Crippen LogP contribution is 2.29. The number of halogens is 1. The average Bonchev–Trinajstić information content (AvgIpc) is 2.32. The number of aryl methyl sites for hydroxylation is 1. The van der Waals surface area contributed by atoms with E-state index < -0.39 is 0 Å². The highest BCUT2D eigenvalue weighted by molar-refractivity contribution is 9.10. The second kappa shape index (κ2) is 5.36. The number of aromatic nitrogens is 1. The summed E-state index contributed by atoms with van der Waals surface area (Å²) in [5.41, 5.74) is 6.92. The Kier molecular flexibility index (Phi) is 4.05. The lowest BCUT2D eigenvalue weighted by molar-refractivity contribution is 0.397. The van der Waals surface area contributed by atoms with Crippen LogP contribution in [0.1, 0.15) is 31.9 Å². The molecular weight excluding hydrogens is 278 g/mol. The summed E-state index contributed by atoms with van der Waals surface area (Å²) in [5.74, 6) is 1.06. The van der Waals surface area contributed by atoms with E-state index in [4.69, 9.17) is 5.73 Å². The molecule has 1 saturated heterocycles. The van der Waals surface area contributed by atoms with Crippen LogP contribution in [0.3, 0.4) is 0 Å². The van der Waals surface area contributed by atoms with Crippen LogP contribution in [0.2, 0.25) is 0 Å². The Morgan fingerprint density at radius 3 is 2.88 bits per heavy atom. The minimum atomic E-state index is 0.437. The van der Waals surface area contributed by atoms with Gasteiger partial charge in [0.1, 0.15) is 5.82 Å². The van der Waals surface area contributed by atoms with Crippen molar-refractivity contribution in [2.75, 3.05) is 11.4 Å². The van der Waals surface area contributed by atoms with Gasteiger partial charge < -0.3 is 10.6 Å². The fourth-order valence-electron chi connectivity index (χ4n) is 2.61. The average molecular weight is 298 g/mol. The SMILES string of the molecule is Cc1nc(N2C(C)CCCC2CN)ccc1Br. The molecule has 0 radical (unpaired) electrons. The van der Waals surface area contributed by atoms with Crippen molar-refractivity contribution in [1.29, 1.82) is 0 Å². The molecule has 1 aliphatic heterocycles. The molecule has 2 N–H and O–H groups in total. The van der Waals surface area contributed by atoms with Crippen molar-refractivity contribution >= 4 is 21.7 Å². The topological polar surface area (TPSA) is 42.2 Å². The molecule has 1 aromatic rings. The zero-order valence-electron chi connectivity index (χ0n) is 10.5. The fraction of sp³-hybridized carbons (Fsp3) is 0.615. The third-order valence-electron chi connectivity index (χ3n) is 3.57. The summed E-state index contributed by atoms with van der Waals surface area (Å²) in [7, 11) is 0. The number of anilines is 1. The van der Waals surface area contributed by atoms with Crippen molar-refractivity contribution in [3.63, 3.8) is 0 Å². The molecule has 2 heterocycles. The molecule has 1 aliphatic rings. The van der Waals surface area contributed by atoms with E-state index in [1.165, 1.54) is 19.3 Å². The number of piperidine rings is 1. The monoisotopic (exact) mass is 297 g/mol. The number of pyridine rings is 1. The Morgan fingerprint density at radius 2 is 2.24 bits per heavy atom. The summed E-state index contributed by atoms with van der Waals surface area (Å²) in [6.07, 6.45) is 3.68. The summed E-state index contributed by atoms with van der Waals surface area (Å²) < 4.78 is 1.07. The molecule has 0 bridgehead atoms. The first kappa shape index (κ1) is 12.8. The predicted molar refractivity (Wildman–Crippen MR) is 75.3 cm³/mol. The Hall–Kier alpha value is -0.610. The Labute approximate surface area is 112 Å². The summed E-state index contributed by atoms with van der Waals surface area (Å²) in [6.45, 7) is 5.00. The van der Waals surface area contributed by atoms with Crippen LogP contribution in [0, 0.1) is 6.92 Å². The Balaban J connectivity index is 2.31. The van der Waals surface area contributed by atoms with E-state index in [1.807, 2.05) is 6.92 Å². The van der Waals surface area contributed by atoms with E-state index in [9.17, 15) is 0 Å². The number of hydrogen-bond donors (Lipinski definition) is 1. The molecule has 1 fully saturated rings. The van der Waals surface area contributed by atoms with Gasteiger partial charge in [-0.2, -0.15) is 0 Å². The molecule has 94 valence electrons. The van der Waals surface area contributed by atoms with Crippen molar-refractivity contribution < 1.29 is 0 Å². The van der Waals surface area contributed by atoms with E-state index >= 15 is 0 Å². The van der Waals surface area contributed by atoms with Gasteiger partial charge in [0, 0.05) is 23.1 Å². The fourth-order valence-corrected chi connectivity index (χ4v) is 2.83. The van der Waals surface area contributed by atoms with Crippen LogP contribution in [-0.4, -0.2) is 23.6 Å². The Bertz CT molecular complexity index is 394. The molecule has 1 aromatic heterocycles. The first-order chi connectivity index (χ1) is 8.13. The van der Waals surface area contributed by atoms with Gasteiger partial charge >= 0.3 is 0 Å². The van der Waals surface area contributed by atoms with Crippen molar-refractivity contribution in [2.24, 2.45) is 5.73 Å². The van der Waals surface area contributed by atoms with Crippen LogP contribution < -0.4 is 10.6 Å². The predicted octanol–water partition coefficient (Wildman–Crippen LogP) is 2.86. The maximum Gasteiger partial charge on any atom is 0.129 e. The van der Waals surface area contributed by atoms with Gasteiger partial charge in [-0.05, 0) is 61.2 Å². The molecule has 0 amide bonds. The van der Waals surface area contributed by atoms with E-state index in [-0.39, 0.29) is 0 Å². The zero-order chi connectivity index (χ0) is 12.4. The molecular formula is C13H20BrN3. The molecule has 4 heteroatoms. The first-order valence-electron chi connectivity index (χ1n) is 6.25. The van der Waals surface area contributed by atoms with Gasteiger partial charge in [-0.1, -0.05) is 0 Å². The molecule has 2 rings (SSSR count). The molecule has 0 saturated carbocycles. The van der Waals surface area contributed by atoms with Crippen LogP contribution in [-0.2, 0) is 0 Å². The van der Waals surface area contributed by atoms with Crippen molar-refractivity contribution in [3.05, 3.63) is 22.3 Å². The zero-order valence-corrected chi connectivity index (χ0v) is 12.1. The smallest absolute Gasteiger partial charge is 0.129 e. The van der Waals surface area contributed by atoms with Crippen LogP contribution in [0.5, 0.6) is 0 Å². The molecule has 0 aliphatic carbocycles. The lowest BCUT2D eigenvalue weighted by Crippen LogP contribution is -2.49. The summed E-state index contributed by atoms with van der Waals surface area (Å²) in [5, 5.41) is 0. The van der Waals surface area contributed by atoms with E-state index in [2.05, 4.69) is 44.9 Å². The standard InChI is InChI=1S/C13H20BrN3/c1-9-4-3-5-11(8-15)17(9)13-7-6-12(14)10(2)16-13/h6-7,9,11H,3-5,8,15H2,1-2H3. The summed E-state index contributed by atoms with van der Waals surface area (Å²) in [4.78, 5) is 7.06. The van der Waals surface area contributed by atoms with Crippen molar-refractivity contribution in [2.45, 2.75) is 45.2 Å². The largest absolute Gasteiger partial charge is 0.350 e. The number of hydrogen-bond acceptors (Lipinski definition) is 3. The van der Waals surface area contributed by atoms with E-state index in [1.54, 1.807) is 0 Å². The van der Waals surface area contributed by atoms with Gasteiger partial charge in [0.15, 0.2) is 0 Å². The number of nitrogens with zero attached hydrogens (tertiary/aromatic N) is 2. The quantitative estimate of drug-likeness (QED) is 0.913. The first-order valence-corrected chi connectivity index (χ1v) is 7.04. The third kappa shape index (κ3) is 2.63. The highest BCUT2D eigenvalue weighted by atomic mass is 79.9. The van der Waals surface area contributed by atoms with E-state index in [0.717, 1.165) is 16.0 Å². The van der Waals surface area contributed by atoms with Crippen LogP contribution in [0.4, 0.5) is 5.82 Å².